The summed E-state index contributed by atoms with van der Waals surface area (Å²) >= 11 is 0. The Labute approximate surface area is 260 Å². The molecule has 3 N–H and O–H groups in total. The molecule has 0 radical (unpaired) electrons. The van der Waals surface area contributed by atoms with Gasteiger partial charge in [-0.05, 0) is 56.8 Å². The zero-order valence-electron chi connectivity index (χ0n) is 26.5. The summed E-state index contributed by atoms with van der Waals surface area (Å²) in [5.74, 6) is 3.82. The average Bonchev–Trinajstić information content (AvgIpc) is 3.40. The molecule has 1 unspecified atom stereocenters. The van der Waals surface area contributed by atoms with E-state index in [2.05, 4.69) is 38.6 Å². The largest absolute Gasteiger partial charge is 0.382 e. The molecule has 0 aliphatic heterocycles. The predicted octanol–water partition coefficient (Wildman–Crippen LogP) is 6.86. The number of nitrogen functional groups attached to an aromatic ring is 1. The third-order valence-corrected chi connectivity index (χ3v) is 11.8. The van der Waals surface area contributed by atoms with Crippen LogP contribution in [0.4, 0.5) is 5.82 Å². The van der Waals surface area contributed by atoms with Gasteiger partial charge < -0.3 is 29.2 Å². The number of anilines is 1. The summed E-state index contributed by atoms with van der Waals surface area (Å²) in [6, 6.07) is 0. The number of unbranched alkanes of at least 4 members (excludes halogenated alkanes) is 7. The van der Waals surface area contributed by atoms with E-state index in [1.165, 1.54) is 77.0 Å². The number of nitrogens with two attached hydrogens (primary N) is 1. The molecule has 2 aromatic heterocycles. The third kappa shape index (κ3) is 13.5. The van der Waals surface area contributed by atoms with Gasteiger partial charge in [0, 0.05) is 19.6 Å². The fourth-order valence-corrected chi connectivity index (χ4v) is 8.45. The van der Waals surface area contributed by atoms with Gasteiger partial charge >= 0.3 is 7.60 Å². The monoisotopic (exact) mass is 639 g/mol. The maximum Gasteiger partial charge on any atom is 0.353 e. The summed E-state index contributed by atoms with van der Waals surface area (Å²) in [5, 5.41) is 4.54. The highest BCUT2D eigenvalue weighted by Crippen LogP contribution is 2.50. The minimum absolute atomic E-state index is 0.150. The molecule has 244 valence electrons. The smallest absolute Gasteiger partial charge is 0.353 e. The lowest BCUT2D eigenvalue weighted by Gasteiger charge is -2.37. The molecular weight excluding hydrogens is 585 g/mol. The zero-order valence-corrected chi connectivity index (χ0v) is 28.3. The van der Waals surface area contributed by atoms with E-state index < -0.39 is 17.6 Å². The van der Waals surface area contributed by atoms with E-state index in [1.807, 2.05) is 0 Å². The van der Waals surface area contributed by atoms with Crippen molar-refractivity contribution in [2.75, 3.05) is 44.4 Å². The summed E-state index contributed by atoms with van der Waals surface area (Å²) in [7, 11) is -4.59. The number of aromatic nitrogens is 4. The number of nitrogens with zero attached hydrogens (tertiary/aromatic N) is 4. The van der Waals surface area contributed by atoms with Crippen LogP contribution in [-0.2, 0) is 25.1 Å². The molecule has 2 atom stereocenters. The van der Waals surface area contributed by atoms with Crippen molar-refractivity contribution in [2.24, 2.45) is 0 Å². The SMILES string of the molecule is C[C@H](Cn1cnc2c(N)ncnc21)OCP(=O)(O)OCCCOCCCCCCCCCC#CS(C)(C)C1CCCCC1. The van der Waals surface area contributed by atoms with Crippen molar-refractivity contribution in [3.8, 4) is 11.2 Å². The van der Waals surface area contributed by atoms with Crippen LogP contribution < -0.4 is 5.73 Å². The molecule has 1 fully saturated rings. The Morgan fingerprint density at radius 3 is 2.49 bits per heavy atom. The van der Waals surface area contributed by atoms with Gasteiger partial charge in [-0.1, -0.05) is 62.5 Å². The molecule has 0 bridgehead atoms. The van der Waals surface area contributed by atoms with Crippen LogP contribution >= 0.6 is 17.6 Å². The van der Waals surface area contributed by atoms with Crippen molar-refractivity contribution in [1.82, 2.24) is 19.5 Å². The minimum Gasteiger partial charge on any atom is -0.382 e. The quantitative estimate of drug-likeness (QED) is 0.0905. The van der Waals surface area contributed by atoms with Crippen molar-refractivity contribution in [3.05, 3.63) is 12.7 Å². The molecular formula is C31H54N5O5PS. The molecule has 10 nitrogen and oxygen atoms in total. The minimum atomic E-state index is -3.85. The Bertz CT molecular complexity index is 1190. The lowest BCUT2D eigenvalue weighted by molar-refractivity contribution is 0.0688. The van der Waals surface area contributed by atoms with Crippen molar-refractivity contribution in [1.29, 1.82) is 0 Å². The van der Waals surface area contributed by atoms with Crippen LogP contribution in [-0.4, -0.2) is 74.4 Å². The number of ether oxygens (including phenoxy) is 2. The first-order valence-corrected chi connectivity index (χ1v) is 20.2. The van der Waals surface area contributed by atoms with Crippen molar-refractivity contribution < 1.29 is 23.5 Å². The summed E-state index contributed by atoms with van der Waals surface area (Å²) in [6.45, 7) is 3.58. The van der Waals surface area contributed by atoms with Gasteiger partial charge in [0.2, 0.25) is 0 Å². The van der Waals surface area contributed by atoms with E-state index in [4.69, 9.17) is 19.7 Å². The predicted molar refractivity (Wildman–Crippen MR) is 177 cm³/mol. The van der Waals surface area contributed by atoms with Gasteiger partial charge in [0.25, 0.3) is 0 Å². The van der Waals surface area contributed by atoms with Crippen LogP contribution in [0.25, 0.3) is 11.2 Å². The second kappa shape index (κ2) is 19.0. The second-order valence-electron chi connectivity index (χ2n) is 12.0. The zero-order chi connectivity index (χ0) is 31.0. The Hall–Kier alpha value is -1.67. The van der Waals surface area contributed by atoms with Gasteiger partial charge in [-0.2, -0.15) is 10.0 Å². The maximum atomic E-state index is 12.3. The topological polar surface area (TPSA) is 135 Å². The molecule has 0 spiro atoms. The van der Waals surface area contributed by atoms with Crippen LogP contribution in [0.5, 0.6) is 0 Å². The van der Waals surface area contributed by atoms with E-state index in [0.717, 1.165) is 18.1 Å². The number of fused-ring (bicyclic) bond motifs is 1. The highest BCUT2D eigenvalue weighted by Gasteiger charge is 2.24. The molecule has 1 aliphatic rings. The van der Waals surface area contributed by atoms with Crippen molar-refractivity contribution >= 4 is 34.6 Å². The first kappa shape index (κ1) is 35.8. The van der Waals surface area contributed by atoms with Gasteiger partial charge in [0.15, 0.2) is 11.5 Å². The molecule has 3 rings (SSSR count). The summed E-state index contributed by atoms with van der Waals surface area (Å²) < 4.78 is 30.5. The molecule has 2 heterocycles. The molecule has 2 aromatic rings. The Morgan fingerprint density at radius 2 is 1.72 bits per heavy atom. The molecule has 0 aromatic carbocycles. The fraction of sp³-hybridized carbons (Fsp3) is 0.774. The molecule has 0 saturated heterocycles. The number of hydrogen-bond acceptors (Lipinski definition) is 8. The highest BCUT2D eigenvalue weighted by atomic mass is 32.3. The lowest BCUT2D eigenvalue weighted by atomic mass is 10.0. The molecule has 12 heteroatoms. The summed E-state index contributed by atoms with van der Waals surface area (Å²) in [5.41, 5.74) is 6.92. The Balaban J connectivity index is 1.11. The van der Waals surface area contributed by atoms with Crippen LogP contribution in [0.1, 0.15) is 96.8 Å². The first-order chi connectivity index (χ1) is 20.7. The number of hydrogen-bond donors (Lipinski definition) is 2. The fourth-order valence-electron chi connectivity index (χ4n) is 5.37. The number of imidazole rings is 1. The summed E-state index contributed by atoms with van der Waals surface area (Å²) in [6.07, 6.45) is 24.2. The maximum absolute atomic E-state index is 12.3. The van der Waals surface area contributed by atoms with Crippen LogP contribution in [0, 0.1) is 11.2 Å². The van der Waals surface area contributed by atoms with Gasteiger partial charge in [-0.3, -0.25) is 4.57 Å². The van der Waals surface area contributed by atoms with Crippen LogP contribution in [0.2, 0.25) is 0 Å². The van der Waals surface area contributed by atoms with Gasteiger partial charge in [0.05, 0.1) is 25.6 Å². The van der Waals surface area contributed by atoms with E-state index >= 15 is 0 Å². The van der Waals surface area contributed by atoms with Gasteiger partial charge in [0.1, 0.15) is 18.2 Å². The second-order valence-corrected chi connectivity index (χ2v) is 17.5. The third-order valence-electron chi connectivity index (χ3n) is 7.94. The van der Waals surface area contributed by atoms with Gasteiger partial charge in [-0.25, -0.2) is 15.0 Å². The van der Waals surface area contributed by atoms with Gasteiger partial charge in [-0.15, -0.1) is 0 Å². The van der Waals surface area contributed by atoms with Crippen molar-refractivity contribution in [2.45, 2.75) is 115 Å². The standard InChI is InChI=1S/C31H54N5O5PS/c1-27(23-36-25-35-29-30(32)33-24-34-31(29)36)40-26-42(37,38)41-21-16-20-39-19-14-9-7-5-4-6-8-10-15-22-43(2,3)28-17-12-11-13-18-28/h24-25,27-28H,4-14,16-21,23,26H2,1-3H3,(H,37,38)(H2,32,33,34)/t27-/m1/s1. The Morgan fingerprint density at radius 1 is 1.02 bits per heavy atom. The first-order valence-electron chi connectivity index (χ1n) is 16.0. The molecule has 1 saturated carbocycles. The molecule has 0 amide bonds. The average molecular weight is 640 g/mol. The van der Waals surface area contributed by atoms with E-state index in [1.54, 1.807) is 17.8 Å². The van der Waals surface area contributed by atoms with Crippen LogP contribution in [0.3, 0.4) is 0 Å². The van der Waals surface area contributed by atoms with E-state index in [-0.39, 0.29) is 19.1 Å². The molecule has 43 heavy (non-hydrogen) atoms. The van der Waals surface area contributed by atoms with Crippen LogP contribution in [0.15, 0.2) is 12.7 Å². The highest BCUT2D eigenvalue weighted by molar-refractivity contribution is 8.36. The summed E-state index contributed by atoms with van der Waals surface area (Å²) in [4.78, 5) is 22.4. The van der Waals surface area contributed by atoms with E-state index in [9.17, 15) is 9.46 Å². The van der Waals surface area contributed by atoms with Crippen molar-refractivity contribution in [3.63, 3.8) is 0 Å². The Kier molecular flexibility index (Phi) is 15.8. The number of rotatable bonds is 20. The van der Waals surface area contributed by atoms with E-state index in [0.29, 0.717) is 43.2 Å². The lowest BCUT2D eigenvalue weighted by Crippen LogP contribution is -2.18. The molecule has 1 aliphatic carbocycles. The normalized spacial score (nSPS) is 16.9.